The fraction of sp³-hybridized carbons (Fsp3) is 0.125. The van der Waals surface area contributed by atoms with E-state index in [1.165, 1.54) is 6.21 Å². The first-order valence-corrected chi connectivity index (χ1v) is 8.02. The number of hydrogen-bond donors (Lipinski definition) is 2. The first kappa shape index (κ1) is 16.9. The number of ether oxygens (including phenoxy) is 2. The molecule has 8 nitrogen and oxygen atoms in total. The Morgan fingerprint density at radius 1 is 1.20 bits per heavy atom. The smallest absolute Gasteiger partial charge is 0.329 e. The molecular formula is C16H13BrN4O4. The number of pyridine rings is 1. The lowest BCUT2D eigenvalue weighted by molar-refractivity contribution is -0.139. The summed E-state index contributed by atoms with van der Waals surface area (Å²) in [6.45, 7) is 0.392. The molecule has 0 unspecified atom stereocenters. The minimum absolute atomic E-state index is 0.163. The first-order chi connectivity index (χ1) is 12.1. The monoisotopic (exact) mass is 404 g/mol. The van der Waals surface area contributed by atoms with Gasteiger partial charge in [0.2, 0.25) is 6.79 Å². The van der Waals surface area contributed by atoms with Crippen LogP contribution in [0.2, 0.25) is 0 Å². The molecule has 0 bridgehead atoms. The van der Waals surface area contributed by atoms with Gasteiger partial charge in [-0.15, -0.1) is 0 Å². The van der Waals surface area contributed by atoms with Crippen LogP contribution in [0.25, 0.3) is 0 Å². The second-order valence-corrected chi connectivity index (χ2v) is 5.82. The van der Waals surface area contributed by atoms with E-state index in [1.54, 1.807) is 36.7 Å². The number of benzene rings is 1. The van der Waals surface area contributed by atoms with E-state index in [0.717, 1.165) is 10.0 Å². The molecule has 9 heteroatoms. The summed E-state index contributed by atoms with van der Waals surface area (Å²) in [5.41, 5.74) is 3.68. The molecule has 2 N–H and O–H groups in total. The molecule has 1 aliphatic rings. The van der Waals surface area contributed by atoms with Crippen LogP contribution in [0.3, 0.4) is 0 Å². The number of carbonyl (C=O) groups excluding carboxylic acids is 2. The SMILES string of the molecule is O=C(NCc1ccncc1)C(=O)N/N=C\c1cc2c(cc1Br)OCO2. The third-order valence-electron chi connectivity index (χ3n) is 3.27. The summed E-state index contributed by atoms with van der Waals surface area (Å²) in [5, 5.41) is 6.28. The Bertz CT molecular complexity index is 826. The highest BCUT2D eigenvalue weighted by atomic mass is 79.9. The Balaban J connectivity index is 1.53. The third kappa shape index (κ3) is 4.32. The Morgan fingerprint density at radius 3 is 2.68 bits per heavy atom. The first-order valence-electron chi connectivity index (χ1n) is 7.23. The van der Waals surface area contributed by atoms with Crippen molar-refractivity contribution in [2.45, 2.75) is 6.54 Å². The van der Waals surface area contributed by atoms with Crippen LogP contribution in [0, 0.1) is 0 Å². The van der Waals surface area contributed by atoms with Crippen LogP contribution in [0.4, 0.5) is 0 Å². The summed E-state index contributed by atoms with van der Waals surface area (Å²) in [6, 6.07) is 6.94. The zero-order valence-corrected chi connectivity index (χ0v) is 14.4. The van der Waals surface area contributed by atoms with Crippen molar-refractivity contribution in [3.05, 3.63) is 52.3 Å². The summed E-state index contributed by atoms with van der Waals surface area (Å²) in [6.07, 6.45) is 4.62. The van der Waals surface area contributed by atoms with Crippen LogP contribution in [-0.4, -0.2) is 29.8 Å². The number of nitrogens with zero attached hydrogens (tertiary/aromatic N) is 2. The van der Waals surface area contributed by atoms with Gasteiger partial charge in [-0.1, -0.05) is 0 Å². The van der Waals surface area contributed by atoms with E-state index in [0.29, 0.717) is 17.1 Å². The van der Waals surface area contributed by atoms with Crippen molar-refractivity contribution < 1.29 is 19.1 Å². The van der Waals surface area contributed by atoms with Gasteiger partial charge in [-0.3, -0.25) is 14.6 Å². The average molecular weight is 405 g/mol. The fourth-order valence-corrected chi connectivity index (χ4v) is 2.43. The predicted octanol–water partition coefficient (Wildman–Crippen LogP) is 1.34. The average Bonchev–Trinajstić information content (AvgIpc) is 3.07. The number of fused-ring (bicyclic) bond motifs is 1. The summed E-state index contributed by atoms with van der Waals surface area (Å²) in [5.74, 6) is -0.421. The van der Waals surface area contributed by atoms with Crippen molar-refractivity contribution >= 4 is 34.0 Å². The van der Waals surface area contributed by atoms with E-state index in [4.69, 9.17) is 9.47 Å². The number of hydrazone groups is 1. The van der Waals surface area contributed by atoms with Gasteiger partial charge >= 0.3 is 11.8 Å². The Kier molecular flexibility index (Phi) is 5.24. The zero-order valence-electron chi connectivity index (χ0n) is 12.9. The number of hydrogen-bond acceptors (Lipinski definition) is 6. The van der Waals surface area contributed by atoms with Crippen LogP contribution in [-0.2, 0) is 16.1 Å². The molecule has 1 aliphatic heterocycles. The lowest BCUT2D eigenvalue weighted by Crippen LogP contribution is -2.37. The molecule has 0 atom stereocenters. The number of rotatable bonds is 4. The van der Waals surface area contributed by atoms with Crippen LogP contribution in [0.1, 0.15) is 11.1 Å². The van der Waals surface area contributed by atoms with E-state index in [2.05, 4.69) is 36.8 Å². The van der Waals surface area contributed by atoms with Gasteiger partial charge in [0.25, 0.3) is 0 Å². The van der Waals surface area contributed by atoms with E-state index in [1.807, 2.05) is 0 Å². The van der Waals surface area contributed by atoms with Gasteiger partial charge in [0, 0.05) is 29.0 Å². The second kappa shape index (κ2) is 7.75. The van der Waals surface area contributed by atoms with Crippen molar-refractivity contribution in [1.29, 1.82) is 0 Å². The maximum absolute atomic E-state index is 11.7. The summed E-state index contributed by atoms with van der Waals surface area (Å²) in [7, 11) is 0. The maximum Gasteiger partial charge on any atom is 0.329 e. The van der Waals surface area contributed by atoms with Crippen molar-refractivity contribution in [3.8, 4) is 11.5 Å². The van der Waals surface area contributed by atoms with Crippen molar-refractivity contribution in [3.63, 3.8) is 0 Å². The molecule has 1 aromatic carbocycles. The number of halogens is 1. The topological polar surface area (TPSA) is 102 Å². The molecule has 0 radical (unpaired) electrons. The summed E-state index contributed by atoms with van der Waals surface area (Å²) >= 11 is 3.37. The van der Waals surface area contributed by atoms with Crippen molar-refractivity contribution in [2.24, 2.45) is 5.10 Å². The molecule has 0 aliphatic carbocycles. The molecule has 25 heavy (non-hydrogen) atoms. The van der Waals surface area contributed by atoms with E-state index in [-0.39, 0.29) is 13.3 Å². The fourth-order valence-electron chi connectivity index (χ4n) is 2.01. The summed E-state index contributed by atoms with van der Waals surface area (Å²) < 4.78 is 11.2. The molecular weight excluding hydrogens is 392 g/mol. The summed E-state index contributed by atoms with van der Waals surface area (Å²) in [4.78, 5) is 27.3. The second-order valence-electron chi connectivity index (χ2n) is 4.96. The quantitative estimate of drug-likeness (QED) is 0.454. The Hall–Kier alpha value is -2.94. The number of amides is 2. The zero-order chi connectivity index (χ0) is 17.6. The largest absolute Gasteiger partial charge is 0.454 e. The number of aromatic nitrogens is 1. The predicted molar refractivity (Wildman–Crippen MR) is 92.1 cm³/mol. The maximum atomic E-state index is 11.7. The third-order valence-corrected chi connectivity index (χ3v) is 3.96. The molecule has 3 rings (SSSR count). The van der Waals surface area contributed by atoms with Gasteiger partial charge in [0.1, 0.15) is 0 Å². The molecule has 1 aromatic heterocycles. The lowest BCUT2D eigenvalue weighted by atomic mass is 10.2. The van der Waals surface area contributed by atoms with E-state index < -0.39 is 11.8 Å². The standard InChI is InChI=1S/C16H13BrN4O4/c17-12-6-14-13(24-9-25-14)5-11(12)8-20-21-16(23)15(22)19-7-10-1-3-18-4-2-10/h1-6,8H,7,9H2,(H,19,22)(H,21,23)/b20-8-. The molecule has 2 aromatic rings. The normalized spacial score (nSPS) is 12.2. The molecule has 2 amide bonds. The molecule has 2 heterocycles. The van der Waals surface area contributed by atoms with Gasteiger partial charge < -0.3 is 14.8 Å². The van der Waals surface area contributed by atoms with Gasteiger partial charge in [0.05, 0.1) is 6.21 Å². The highest BCUT2D eigenvalue weighted by molar-refractivity contribution is 9.10. The number of carbonyl (C=O) groups is 2. The Morgan fingerprint density at radius 2 is 1.92 bits per heavy atom. The van der Waals surface area contributed by atoms with E-state index in [9.17, 15) is 9.59 Å². The van der Waals surface area contributed by atoms with Crippen LogP contribution in [0.15, 0.2) is 46.2 Å². The van der Waals surface area contributed by atoms with Gasteiger partial charge in [-0.2, -0.15) is 5.10 Å². The van der Waals surface area contributed by atoms with Crippen LogP contribution < -0.4 is 20.2 Å². The van der Waals surface area contributed by atoms with Gasteiger partial charge in [-0.25, -0.2) is 5.43 Å². The number of nitrogens with one attached hydrogen (secondary N) is 2. The minimum Gasteiger partial charge on any atom is -0.454 e. The van der Waals surface area contributed by atoms with E-state index >= 15 is 0 Å². The minimum atomic E-state index is -0.859. The molecule has 0 saturated carbocycles. The molecule has 128 valence electrons. The molecule has 0 spiro atoms. The van der Waals surface area contributed by atoms with Crippen LogP contribution >= 0.6 is 15.9 Å². The molecule has 0 fully saturated rings. The van der Waals surface area contributed by atoms with Crippen molar-refractivity contribution in [2.75, 3.05) is 6.79 Å². The van der Waals surface area contributed by atoms with Gasteiger partial charge in [0.15, 0.2) is 11.5 Å². The van der Waals surface area contributed by atoms with Crippen molar-refractivity contribution in [1.82, 2.24) is 15.7 Å². The van der Waals surface area contributed by atoms with Crippen LogP contribution in [0.5, 0.6) is 11.5 Å². The van der Waals surface area contributed by atoms with Gasteiger partial charge in [-0.05, 0) is 45.8 Å². The highest BCUT2D eigenvalue weighted by Crippen LogP contribution is 2.36. The lowest BCUT2D eigenvalue weighted by Gasteiger charge is -2.04. The molecule has 0 saturated heterocycles. The Labute approximate surface area is 151 Å². The highest BCUT2D eigenvalue weighted by Gasteiger charge is 2.16.